The van der Waals surface area contributed by atoms with Gasteiger partial charge in [-0.15, -0.1) is 0 Å². The number of aryl methyl sites for hydroxylation is 1. The molecule has 1 spiro atoms. The Labute approximate surface area is 248 Å². The molecule has 5 atom stereocenters. The number of nitrogens with zero attached hydrogens (tertiary/aromatic N) is 1. The number of anilines is 1. The number of nitrogens with one attached hydrogen (secondary N) is 1. The molecule has 2 aliphatic heterocycles. The summed E-state index contributed by atoms with van der Waals surface area (Å²) in [6.45, 7) is 3.87. The lowest BCUT2D eigenvalue weighted by Gasteiger charge is -2.46. The number of rotatable bonds is 1. The fourth-order valence-electron chi connectivity index (χ4n) is 7.71. The van der Waals surface area contributed by atoms with Gasteiger partial charge in [0.2, 0.25) is 10.0 Å². The smallest absolute Gasteiger partial charge is 0.264 e. The molecule has 0 aromatic heterocycles. The first-order valence-corrected chi connectivity index (χ1v) is 17.0. The molecule has 2 aliphatic carbocycles. The molecule has 0 radical (unpaired) electrons. The van der Waals surface area contributed by atoms with E-state index in [-0.39, 0.29) is 23.0 Å². The van der Waals surface area contributed by atoms with Gasteiger partial charge in [-0.2, -0.15) is 0 Å². The zero-order valence-electron chi connectivity index (χ0n) is 23.6. The zero-order valence-corrected chi connectivity index (χ0v) is 25.2. The number of carbonyl (C=O) groups excluding carboxylic acids is 2. The highest BCUT2D eigenvalue weighted by Crippen LogP contribution is 2.47. The summed E-state index contributed by atoms with van der Waals surface area (Å²) in [4.78, 5) is 27.8. The molecular weight excluding hydrogens is 560 g/mol. The van der Waals surface area contributed by atoms with E-state index in [2.05, 4.69) is 21.8 Å². The molecule has 9 heteroatoms. The molecule has 2 heterocycles. The molecular formula is C32H39ClN2O5S. The Bertz CT molecular complexity index is 1450. The minimum absolute atomic E-state index is 0.0225. The summed E-state index contributed by atoms with van der Waals surface area (Å²) in [5.74, 6) is 0.495. The molecule has 6 rings (SSSR count). The maximum atomic E-state index is 13.2. The van der Waals surface area contributed by atoms with Gasteiger partial charge in [0, 0.05) is 35.0 Å². The van der Waals surface area contributed by atoms with Crippen molar-refractivity contribution in [1.82, 2.24) is 4.72 Å². The normalized spacial score (nSPS) is 31.5. The largest absolute Gasteiger partial charge is 0.490 e. The van der Waals surface area contributed by atoms with Crippen LogP contribution in [0.25, 0.3) is 0 Å². The first-order chi connectivity index (χ1) is 19.7. The van der Waals surface area contributed by atoms with E-state index in [0.29, 0.717) is 42.7 Å². The minimum Gasteiger partial charge on any atom is -0.490 e. The van der Waals surface area contributed by atoms with E-state index in [0.717, 1.165) is 68.5 Å². The monoisotopic (exact) mass is 598 g/mol. The van der Waals surface area contributed by atoms with Gasteiger partial charge >= 0.3 is 0 Å². The van der Waals surface area contributed by atoms with E-state index in [9.17, 15) is 18.0 Å². The van der Waals surface area contributed by atoms with Gasteiger partial charge in [0.15, 0.2) is 0 Å². The first-order valence-electron chi connectivity index (χ1n) is 15.0. The molecule has 2 bridgehead atoms. The molecule has 4 aliphatic rings. The van der Waals surface area contributed by atoms with Crippen molar-refractivity contribution >= 4 is 39.5 Å². The van der Waals surface area contributed by atoms with Crippen LogP contribution in [0, 0.1) is 23.7 Å². The number of fused-ring (bicyclic) bond motifs is 4. The number of benzene rings is 2. The van der Waals surface area contributed by atoms with Crippen LogP contribution in [0.1, 0.15) is 73.4 Å². The summed E-state index contributed by atoms with van der Waals surface area (Å²) in [5, 5.41) is 0.737. The second kappa shape index (κ2) is 11.3. The van der Waals surface area contributed by atoms with Crippen LogP contribution < -0.4 is 14.4 Å². The second-order valence-electron chi connectivity index (χ2n) is 12.8. The third kappa shape index (κ3) is 5.74. The summed E-state index contributed by atoms with van der Waals surface area (Å²) in [6.07, 6.45) is 8.47. The lowest BCUT2D eigenvalue weighted by atomic mass is 9.65. The maximum Gasteiger partial charge on any atom is 0.264 e. The summed E-state index contributed by atoms with van der Waals surface area (Å²) >= 11 is 6.38. The second-order valence-corrected chi connectivity index (χ2v) is 15.0. The SMILES string of the molecule is C[C@H]1CCCC(C=O)[C@@H]2CC[C@H]2CN2C[C@@]3(CCCc4cc(Cl)ccc43)COc3ccc(cc32)C(=O)NS(=O)(=O)C1. The van der Waals surface area contributed by atoms with Crippen LogP contribution >= 0.6 is 11.6 Å². The van der Waals surface area contributed by atoms with E-state index in [1.54, 1.807) is 18.2 Å². The van der Waals surface area contributed by atoms with E-state index < -0.39 is 15.9 Å². The van der Waals surface area contributed by atoms with Crippen molar-refractivity contribution in [3.63, 3.8) is 0 Å². The number of hydrogen-bond donors (Lipinski definition) is 1. The Balaban J connectivity index is 1.41. The predicted molar refractivity (Wildman–Crippen MR) is 160 cm³/mol. The van der Waals surface area contributed by atoms with Crippen molar-refractivity contribution in [3.8, 4) is 5.75 Å². The van der Waals surface area contributed by atoms with Crippen molar-refractivity contribution < 1.29 is 22.7 Å². The summed E-state index contributed by atoms with van der Waals surface area (Å²) in [6, 6.07) is 11.4. The topological polar surface area (TPSA) is 92.8 Å². The van der Waals surface area contributed by atoms with Crippen LogP contribution in [0.15, 0.2) is 36.4 Å². The Kier molecular flexibility index (Phi) is 7.83. The fraction of sp³-hybridized carbons (Fsp3) is 0.562. The van der Waals surface area contributed by atoms with Crippen LogP contribution in [0.5, 0.6) is 5.75 Å². The number of sulfonamides is 1. The molecule has 0 saturated heterocycles. The van der Waals surface area contributed by atoms with Crippen LogP contribution in [0.3, 0.4) is 0 Å². The summed E-state index contributed by atoms with van der Waals surface area (Å²) < 4.78 is 34.6. The van der Waals surface area contributed by atoms with Gasteiger partial charge in [-0.1, -0.05) is 31.0 Å². The van der Waals surface area contributed by atoms with Crippen LogP contribution in [-0.2, 0) is 26.7 Å². The number of halogens is 1. The lowest BCUT2D eigenvalue weighted by Crippen LogP contribution is -2.49. The highest BCUT2D eigenvalue weighted by Gasteiger charge is 2.44. The fourth-order valence-corrected chi connectivity index (χ4v) is 9.30. The lowest BCUT2D eigenvalue weighted by molar-refractivity contribution is -0.115. The van der Waals surface area contributed by atoms with Gasteiger partial charge in [0.25, 0.3) is 5.91 Å². The van der Waals surface area contributed by atoms with Crippen molar-refractivity contribution in [2.45, 2.75) is 63.7 Å². The van der Waals surface area contributed by atoms with Crippen LogP contribution in [-0.4, -0.2) is 46.1 Å². The van der Waals surface area contributed by atoms with Crippen LogP contribution in [0.2, 0.25) is 5.02 Å². The van der Waals surface area contributed by atoms with Gasteiger partial charge < -0.3 is 14.4 Å². The van der Waals surface area contributed by atoms with E-state index in [1.807, 2.05) is 13.0 Å². The zero-order chi connectivity index (χ0) is 28.8. The standard InChI is InChI=1S/C32H39ClN2O5S/c1-21-4-2-5-25(17-36)27-10-7-24(27)16-35-19-32(13-3-6-22-14-26(33)9-11-28(22)32)20-40-30-12-8-23(15-29(30)35)31(37)34-41(38,39)18-21/h8-9,11-12,14-15,17,21,24-25,27H,2-7,10,13,16,18-20H2,1H3,(H,34,37)/t21-,24-,25?,27+,32-/m0/s1. The average molecular weight is 599 g/mol. The third-order valence-corrected chi connectivity index (χ3v) is 11.7. The Hall–Kier alpha value is -2.58. The highest BCUT2D eigenvalue weighted by atomic mass is 35.5. The first kappa shape index (κ1) is 28.5. The number of ether oxygens (including phenoxy) is 1. The number of amides is 1. The van der Waals surface area contributed by atoms with Crippen LogP contribution in [0.4, 0.5) is 5.69 Å². The molecule has 1 fully saturated rings. The van der Waals surface area contributed by atoms with Crippen molar-refractivity contribution in [2.24, 2.45) is 23.7 Å². The molecule has 1 unspecified atom stereocenters. The number of carbonyl (C=O) groups is 2. The van der Waals surface area contributed by atoms with E-state index >= 15 is 0 Å². The molecule has 1 N–H and O–H groups in total. The van der Waals surface area contributed by atoms with Gasteiger partial charge in [0.05, 0.1) is 18.0 Å². The Morgan fingerprint density at radius 3 is 2.73 bits per heavy atom. The molecule has 7 nitrogen and oxygen atoms in total. The predicted octanol–water partition coefficient (Wildman–Crippen LogP) is 5.53. The van der Waals surface area contributed by atoms with Gasteiger partial charge in [0.1, 0.15) is 12.0 Å². The molecule has 2 aromatic rings. The van der Waals surface area contributed by atoms with Gasteiger partial charge in [-0.05, 0) is 104 Å². The average Bonchev–Trinajstić information content (AvgIpc) is 3.06. The van der Waals surface area contributed by atoms with E-state index in [4.69, 9.17) is 16.3 Å². The minimum atomic E-state index is -3.81. The van der Waals surface area contributed by atoms with Crippen molar-refractivity contribution in [1.29, 1.82) is 0 Å². The molecule has 220 valence electrons. The molecule has 41 heavy (non-hydrogen) atoms. The highest BCUT2D eigenvalue weighted by molar-refractivity contribution is 7.90. The van der Waals surface area contributed by atoms with Crippen molar-refractivity contribution in [3.05, 3.63) is 58.1 Å². The van der Waals surface area contributed by atoms with E-state index in [1.165, 1.54) is 11.1 Å². The number of hydrogen-bond acceptors (Lipinski definition) is 6. The Morgan fingerprint density at radius 1 is 1.10 bits per heavy atom. The van der Waals surface area contributed by atoms with Gasteiger partial charge in [-0.25, -0.2) is 13.1 Å². The quantitative estimate of drug-likeness (QED) is 0.434. The van der Waals surface area contributed by atoms with Gasteiger partial charge in [-0.3, -0.25) is 4.79 Å². The molecule has 1 saturated carbocycles. The number of aldehydes is 1. The van der Waals surface area contributed by atoms with Crippen molar-refractivity contribution in [2.75, 3.05) is 30.3 Å². The molecule has 1 amide bonds. The maximum absolute atomic E-state index is 13.2. The Morgan fingerprint density at radius 2 is 1.95 bits per heavy atom. The third-order valence-electron chi connectivity index (χ3n) is 9.94. The summed E-state index contributed by atoms with van der Waals surface area (Å²) in [7, 11) is -3.81. The molecule has 2 aromatic carbocycles. The summed E-state index contributed by atoms with van der Waals surface area (Å²) in [5.41, 5.74) is 3.38.